The molecule has 0 unspecified atom stereocenters. The Morgan fingerprint density at radius 1 is 0.892 bits per heavy atom. The Labute approximate surface area is 213 Å². The molecule has 1 atom stereocenters. The molecule has 0 bridgehead atoms. The normalized spacial score (nSPS) is 11.7. The number of amides is 1. The second kappa shape index (κ2) is 10.8. The van der Waals surface area contributed by atoms with Crippen LogP contribution >= 0.6 is 0 Å². The number of ether oxygens (including phenoxy) is 1. The summed E-state index contributed by atoms with van der Waals surface area (Å²) in [5.74, 6) is 0.873. The summed E-state index contributed by atoms with van der Waals surface area (Å²) in [6, 6.07) is 31.5. The van der Waals surface area contributed by atoms with Gasteiger partial charge >= 0.3 is 0 Å². The lowest BCUT2D eigenvalue weighted by Crippen LogP contribution is -2.25. The first-order chi connectivity index (χ1) is 18.1. The summed E-state index contributed by atoms with van der Waals surface area (Å²) >= 11 is 0. The van der Waals surface area contributed by atoms with Gasteiger partial charge in [0.2, 0.25) is 5.91 Å². The molecule has 1 heterocycles. The van der Waals surface area contributed by atoms with Gasteiger partial charge in [-0.2, -0.15) is 0 Å². The SMILES string of the molecule is O=C(C[C@@H](c1cccc(Oc2ccccc2)c1)c1c[nH]c2ccc([N+](=O)[O-])cc12)NCc1ccccc1. The highest BCUT2D eigenvalue weighted by molar-refractivity contribution is 5.87. The van der Waals surface area contributed by atoms with Crippen LogP contribution in [0.25, 0.3) is 10.9 Å². The largest absolute Gasteiger partial charge is 0.457 e. The molecule has 5 rings (SSSR count). The zero-order valence-corrected chi connectivity index (χ0v) is 20.0. The second-order valence-electron chi connectivity index (χ2n) is 8.74. The van der Waals surface area contributed by atoms with Crippen molar-refractivity contribution in [3.8, 4) is 11.5 Å². The van der Waals surface area contributed by atoms with Crippen LogP contribution in [-0.2, 0) is 11.3 Å². The number of H-pyrrole nitrogens is 1. The van der Waals surface area contributed by atoms with Crippen molar-refractivity contribution in [2.45, 2.75) is 18.9 Å². The van der Waals surface area contributed by atoms with Crippen molar-refractivity contribution in [3.63, 3.8) is 0 Å². The Kier molecular flexibility index (Phi) is 6.94. The summed E-state index contributed by atoms with van der Waals surface area (Å²) in [6.45, 7) is 0.420. The molecule has 0 aliphatic rings. The first-order valence-corrected chi connectivity index (χ1v) is 12.0. The monoisotopic (exact) mass is 491 g/mol. The molecule has 7 nitrogen and oxygen atoms in total. The van der Waals surface area contributed by atoms with Crippen molar-refractivity contribution in [3.05, 3.63) is 136 Å². The molecule has 0 aliphatic carbocycles. The van der Waals surface area contributed by atoms with E-state index in [1.165, 1.54) is 6.07 Å². The van der Waals surface area contributed by atoms with E-state index < -0.39 is 4.92 Å². The third kappa shape index (κ3) is 5.67. The van der Waals surface area contributed by atoms with Crippen molar-refractivity contribution in [2.24, 2.45) is 0 Å². The second-order valence-corrected chi connectivity index (χ2v) is 8.74. The number of nitro benzene ring substituents is 1. The van der Waals surface area contributed by atoms with Crippen LogP contribution in [0.15, 0.2) is 109 Å². The minimum Gasteiger partial charge on any atom is -0.457 e. The quantitative estimate of drug-likeness (QED) is 0.177. The lowest BCUT2D eigenvalue weighted by Gasteiger charge is -2.18. The number of hydrogen-bond acceptors (Lipinski definition) is 4. The first-order valence-electron chi connectivity index (χ1n) is 12.0. The Balaban J connectivity index is 1.48. The molecular formula is C30H25N3O4. The van der Waals surface area contributed by atoms with Crippen LogP contribution in [0.5, 0.6) is 11.5 Å². The molecule has 184 valence electrons. The van der Waals surface area contributed by atoms with Gasteiger partial charge in [-0.25, -0.2) is 0 Å². The zero-order valence-electron chi connectivity index (χ0n) is 20.0. The molecule has 1 amide bonds. The molecule has 0 saturated heterocycles. The van der Waals surface area contributed by atoms with Crippen molar-refractivity contribution in [2.75, 3.05) is 0 Å². The number of nitrogens with zero attached hydrogens (tertiary/aromatic N) is 1. The number of aromatic nitrogens is 1. The number of benzene rings is 4. The lowest BCUT2D eigenvalue weighted by atomic mass is 9.87. The van der Waals surface area contributed by atoms with E-state index >= 15 is 0 Å². The number of fused-ring (bicyclic) bond motifs is 1. The van der Waals surface area contributed by atoms with Gasteiger partial charge < -0.3 is 15.0 Å². The van der Waals surface area contributed by atoms with E-state index in [4.69, 9.17) is 4.74 Å². The Bertz CT molecular complexity index is 1530. The van der Waals surface area contributed by atoms with Gasteiger partial charge in [-0.15, -0.1) is 0 Å². The van der Waals surface area contributed by atoms with Crippen molar-refractivity contribution in [1.29, 1.82) is 0 Å². The van der Waals surface area contributed by atoms with Gasteiger partial charge in [-0.3, -0.25) is 14.9 Å². The van der Waals surface area contributed by atoms with E-state index in [0.29, 0.717) is 23.4 Å². The molecule has 5 aromatic rings. The Morgan fingerprint density at radius 2 is 1.62 bits per heavy atom. The smallest absolute Gasteiger partial charge is 0.270 e. The highest BCUT2D eigenvalue weighted by atomic mass is 16.6. The average Bonchev–Trinajstić information content (AvgIpc) is 3.35. The highest BCUT2D eigenvalue weighted by Crippen LogP contribution is 2.36. The van der Waals surface area contributed by atoms with Crippen molar-refractivity contribution in [1.82, 2.24) is 10.3 Å². The van der Waals surface area contributed by atoms with Crippen LogP contribution in [0.2, 0.25) is 0 Å². The summed E-state index contributed by atoms with van der Waals surface area (Å²) in [5, 5.41) is 15.2. The topological polar surface area (TPSA) is 97.3 Å². The van der Waals surface area contributed by atoms with E-state index in [9.17, 15) is 14.9 Å². The van der Waals surface area contributed by atoms with E-state index in [1.54, 1.807) is 12.1 Å². The number of nitro groups is 1. The summed E-state index contributed by atoms with van der Waals surface area (Å²) < 4.78 is 6.04. The van der Waals surface area contributed by atoms with Gasteiger partial charge in [0.05, 0.1) is 4.92 Å². The molecule has 0 spiro atoms. The third-order valence-corrected chi connectivity index (χ3v) is 6.24. The van der Waals surface area contributed by atoms with Crippen LogP contribution < -0.4 is 10.1 Å². The zero-order chi connectivity index (χ0) is 25.6. The number of non-ortho nitro benzene ring substituents is 1. The molecule has 1 aromatic heterocycles. The summed E-state index contributed by atoms with van der Waals surface area (Å²) in [4.78, 5) is 27.4. The number of para-hydroxylation sites is 1. The summed E-state index contributed by atoms with van der Waals surface area (Å²) in [5.41, 5.74) is 3.46. The Morgan fingerprint density at radius 3 is 2.38 bits per heavy atom. The van der Waals surface area contributed by atoms with Gasteiger partial charge in [-0.05, 0) is 47.0 Å². The standard InChI is InChI=1S/C30H25N3O4/c34-30(32-19-21-8-3-1-4-9-21)18-26(28-20-31-29-15-14-23(33(35)36)17-27(28)29)22-10-7-13-25(16-22)37-24-11-5-2-6-12-24/h1-17,20,26,31H,18-19H2,(H,32,34)/t26-/m0/s1. The van der Waals surface area contributed by atoms with Gasteiger partial charge in [0, 0.05) is 48.1 Å². The number of hydrogen-bond donors (Lipinski definition) is 2. The molecule has 0 aliphatic heterocycles. The number of carbonyl (C=O) groups is 1. The van der Waals surface area contributed by atoms with E-state index in [1.807, 2.05) is 91.1 Å². The Hall–Kier alpha value is -4.91. The van der Waals surface area contributed by atoms with Gasteiger partial charge in [-0.1, -0.05) is 60.7 Å². The number of nitrogens with one attached hydrogen (secondary N) is 2. The maximum absolute atomic E-state index is 13.1. The number of carbonyl (C=O) groups excluding carboxylic acids is 1. The number of aromatic amines is 1. The maximum atomic E-state index is 13.1. The van der Waals surface area contributed by atoms with Gasteiger partial charge in [0.15, 0.2) is 0 Å². The van der Waals surface area contributed by atoms with Gasteiger partial charge in [0.25, 0.3) is 5.69 Å². The summed E-state index contributed by atoms with van der Waals surface area (Å²) in [6.07, 6.45) is 1.99. The van der Waals surface area contributed by atoms with Crippen LogP contribution in [0, 0.1) is 10.1 Å². The predicted octanol–water partition coefficient (Wildman–Crippen LogP) is 6.71. The van der Waals surface area contributed by atoms with E-state index in [2.05, 4.69) is 10.3 Å². The molecule has 7 heteroatoms. The average molecular weight is 492 g/mol. The van der Waals surface area contributed by atoms with Crippen LogP contribution in [0.1, 0.15) is 29.0 Å². The van der Waals surface area contributed by atoms with E-state index in [-0.39, 0.29) is 23.9 Å². The van der Waals surface area contributed by atoms with Crippen LogP contribution in [0.4, 0.5) is 5.69 Å². The fourth-order valence-corrected chi connectivity index (χ4v) is 4.41. The molecule has 0 saturated carbocycles. The number of rotatable bonds is 9. The highest BCUT2D eigenvalue weighted by Gasteiger charge is 2.23. The molecule has 0 radical (unpaired) electrons. The fraction of sp³-hybridized carbons (Fsp3) is 0.100. The van der Waals surface area contributed by atoms with Crippen molar-refractivity contribution < 1.29 is 14.5 Å². The third-order valence-electron chi connectivity index (χ3n) is 6.24. The first kappa shape index (κ1) is 23.8. The predicted molar refractivity (Wildman–Crippen MR) is 143 cm³/mol. The molecule has 4 aromatic carbocycles. The van der Waals surface area contributed by atoms with Crippen LogP contribution in [0.3, 0.4) is 0 Å². The van der Waals surface area contributed by atoms with Crippen molar-refractivity contribution >= 4 is 22.5 Å². The fourth-order valence-electron chi connectivity index (χ4n) is 4.41. The maximum Gasteiger partial charge on any atom is 0.270 e. The molecule has 2 N–H and O–H groups in total. The van der Waals surface area contributed by atoms with E-state index in [0.717, 1.165) is 22.2 Å². The van der Waals surface area contributed by atoms with Crippen LogP contribution in [-0.4, -0.2) is 15.8 Å². The summed E-state index contributed by atoms with van der Waals surface area (Å²) in [7, 11) is 0. The molecule has 0 fully saturated rings. The minimum atomic E-state index is -0.411. The van der Waals surface area contributed by atoms with Gasteiger partial charge in [0.1, 0.15) is 11.5 Å². The minimum absolute atomic E-state index is 0.00166. The molecule has 37 heavy (non-hydrogen) atoms. The molecular weight excluding hydrogens is 466 g/mol. The lowest BCUT2D eigenvalue weighted by molar-refractivity contribution is -0.384.